The summed E-state index contributed by atoms with van der Waals surface area (Å²) < 4.78 is 0. The molecule has 1 heterocycles. The first kappa shape index (κ1) is 12.3. The first-order valence-electron chi connectivity index (χ1n) is 4.30. The highest BCUT2D eigenvalue weighted by atomic mass is 16.3. The molecule has 5 nitrogen and oxygen atoms in total. The van der Waals surface area contributed by atoms with E-state index in [9.17, 15) is 4.79 Å². The monoisotopic (exact) mass is 190 g/mol. The molecule has 0 aromatic carbocycles. The van der Waals surface area contributed by atoms with Crippen molar-refractivity contribution in [3.05, 3.63) is 0 Å². The van der Waals surface area contributed by atoms with Crippen LogP contribution in [0.3, 0.4) is 0 Å². The Bertz CT molecular complexity index is 152. The molecule has 78 valence electrons. The Morgan fingerprint density at radius 3 is 2.38 bits per heavy atom. The van der Waals surface area contributed by atoms with Crippen molar-refractivity contribution >= 4 is 5.91 Å². The van der Waals surface area contributed by atoms with E-state index < -0.39 is 0 Å². The fraction of sp³-hybridized carbons (Fsp3) is 0.875. The predicted octanol–water partition coefficient (Wildman–Crippen LogP) is -1.55. The largest absolute Gasteiger partial charge is 0.395 e. The second-order valence-electron chi connectivity index (χ2n) is 2.98. The summed E-state index contributed by atoms with van der Waals surface area (Å²) in [6, 6.07) is 0.130. The number of aliphatic hydroxyl groups excluding tert-OH is 2. The van der Waals surface area contributed by atoms with Crippen molar-refractivity contribution in [2.45, 2.75) is 25.5 Å². The lowest BCUT2D eigenvalue weighted by Crippen LogP contribution is -2.24. The van der Waals surface area contributed by atoms with Gasteiger partial charge in [-0.05, 0) is 6.42 Å². The molecule has 2 atom stereocenters. The van der Waals surface area contributed by atoms with Crippen molar-refractivity contribution in [3.63, 3.8) is 0 Å². The van der Waals surface area contributed by atoms with Gasteiger partial charge in [0.1, 0.15) is 0 Å². The summed E-state index contributed by atoms with van der Waals surface area (Å²) in [5.74, 6) is 0.00463. The zero-order valence-corrected chi connectivity index (χ0v) is 8.08. The number of nitrogens with one attached hydrogen (secondary N) is 2. The fourth-order valence-electron chi connectivity index (χ4n) is 0.937. The van der Waals surface area contributed by atoms with Gasteiger partial charge in [-0.1, -0.05) is 0 Å². The van der Waals surface area contributed by atoms with E-state index in [4.69, 9.17) is 10.2 Å². The van der Waals surface area contributed by atoms with E-state index in [-0.39, 0.29) is 24.7 Å². The Balaban J connectivity index is 0.000000252. The molecule has 2 unspecified atom stereocenters. The third-order valence-electron chi connectivity index (χ3n) is 1.77. The Labute approximate surface area is 78.1 Å². The summed E-state index contributed by atoms with van der Waals surface area (Å²) in [5.41, 5.74) is 0. The number of amides is 1. The summed E-state index contributed by atoms with van der Waals surface area (Å²) >= 11 is 0. The SMILES string of the molecule is CNC(C)=O.OCC1CC(O)CN1. The molecular formula is C8H18N2O3. The van der Waals surface area contributed by atoms with Gasteiger partial charge in [0, 0.05) is 26.6 Å². The van der Waals surface area contributed by atoms with Crippen LogP contribution in [-0.4, -0.2) is 48.5 Å². The average molecular weight is 190 g/mol. The van der Waals surface area contributed by atoms with Crippen LogP contribution >= 0.6 is 0 Å². The third-order valence-corrected chi connectivity index (χ3v) is 1.77. The number of carbonyl (C=O) groups is 1. The summed E-state index contributed by atoms with van der Waals surface area (Å²) in [6.07, 6.45) is 0.448. The number of hydrogen-bond donors (Lipinski definition) is 4. The van der Waals surface area contributed by atoms with Gasteiger partial charge in [0.25, 0.3) is 0 Å². The number of carbonyl (C=O) groups excluding carboxylic acids is 1. The molecular weight excluding hydrogens is 172 g/mol. The highest BCUT2D eigenvalue weighted by molar-refractivity contribution is 5.72. The van der Waals surface area contributed by atoms with E-state index in [1.54, 1.807) is 7.05 Å². The van der Waals surface area contributed by atoms with Crippen molar-refractivity contribution in [1.29, 1.82) is 0 Å². The molecule has 1 fully saturated rings. The van der Waals surface area contributed by atoms with E-state index in [0.29, 0.717) is 13.0 Å². The number of rotatable bonds is 1. The molecule has 1 aliphatic heterocycles. The van der Waals surface area contributed by atoms with Crippen LogP contribution in [-0.2, 0) is 4.79 Å². The molecule has 13 heavy (non-hydrogen) atoms. The van der Waals surface area contributed by atoms with Gasteiger partial charge < -0.3 is 20.8 Å². The molecule has 4 N–H and O–H groups in total. The van der Waals surface area contributed by atoms with Crippen LogP contribution in [0.4, 0.5) is 0 Å². The van der Waals surface area contributed by atoms with Gasteiger partial charge in [-0.2, -0.15) is 0 Å². The number of β-amino-alcohol motifs (C(OH)–C–C–N with tert-alkyl or cyclic N) is 1. The first-order chi connectivity index (χ1) is 6.10. The summed E-state index contributed by atoms with van der Waals surface area (Å²) in [5, 5.41) is 22.7. The van der Waals surface area contributed by atoms with Gasteiger partial charge in [-0.3, -0.25) is 4.79 Å². The molecule has 0 aromatic heterocycles. The van der Waals surface area contributed by atoms with Gasteiger partial charge >= 0.3 is 0 Å². The maximum atomic E-state index is 9.70. The summed E-state index contributed by atoms with van der Waals surface area (Å²) in [6.45, 7) is 2.24. The average Bonchev–Trinajstić information content (AvgIpc) is 2.52. The van der Waals surface area contributed by atoms with E-state index in [2.05, 4.69) is 10.6 Å². The van der Waals surface area contributed by atoms with E-state index >= 15 is 0 Å². The zero-order valence-electron chi connectivity index (χ0n) is 8.08. The quantitative estimate of drug-likeness (QED) is 0.404. The van der Waals surface area contributed by atoms with Gasteiger partial charge in [0.2, 0.25) is 5.91 Å². The molecule has 0 spiro atoms. The van der Waals surface area contributed by atoms with Crippen LogP contribution in [0, 0.1) is 0 Å². The van der Waals surface area contributed by atoms with E-state index in [1.165, 1.54) is 6.92 Å². The van der Waals surface area contributed by atoms with Gasteiger partial charge in [0.15, 0.2) is 0 Å². The Morgan fingerprint density at radius 2 is 2.23 bits per heavy atom. The van der Waals surface area contributed by atoms with Crippen molar-refractivity contribution < 1.29 is 15.0 Å². The van der Waals surface area contributed by atoms with E-state index in [0.717, 1.165) is 0 Å². The van der Waals surface area contributed by atoms with Crippen molar-refractivity contribution in [1.82, 2.24) is 10.6 Å². The minimum atomic E-state index is -0.243. The number of hydrogen-bond acceptors (Lipinski definition) is 4. The molecule has 0 saturated carbocycles. The molecule has 1 aliphatic rings. The van der Waals surface area contributed by atoms with Crippen LogP contribution in [0.25, 0.3) is 0 Å². The van der Waals surface area contributed by atoms with Crippen LogP contribution < -0.4 is 10.6 Å². The maximum Gasteiger partial charge on any atom is 0.216 e. The Morgan fingerprint density at radius 1 is 1.69 bits per heavy atom. The van der Waals surface area contributed by atoms with Crippen molar-refractivity contribution in [2.75, 3.05) is 20.2 Å². The molecule has 1 rings (SSSR count). The topological polar surface area (TPSA) is 81.6 Å². The summed E-state index contributed by atoms with van der Waals surface area (Å²) in [4.78, 5) is 9.70. The van der Waals surface area contributed by atoms with Crippen LogP contribution in [0.15, 0.2) is 0 Å². The van der Waals surface area contributed by atoms with Crippen molar-refractivity contribution in [3.8, 4) is 0 Å². The smallest absolute Gasteiger partial charge is 0.216 e. The zero-order chi connectivity index (χ0) is 10.3. The fourth-order valence-corrected chi connectivity index (χ4v) is 0.937. The molecule has 1 amide bonds. The number of aliphatic hydroxyl groups is 2. The molecule has 0 bridgehead atoms. The Kier molecular flexibility index (Phi) is 6.48. The lowest BCUT2D eigenvalue weighted by atomic mass is 10.2. The van der Waals surface area contributed by atoms with Crippen LogP contribution in [0.1, 0.15) is 13.3 Å². The molecule has 0 aromatic rings. The molecule has 0 radical (unpaired) electrons. The van der Waals surface area contributed by atoms with E-state index in [1.807, 2.05) is 0 Å². The Hall–Kier alpha value is -0.650. The van der Waals surface area contributed by atoms with Gasteiger partial charge in [-0.25, -0.2) is 0 Å². The van der Waals surface area contributed by atoms with Crippen LogP contribution in [0.2, 0.25) is 0 Å². The lowest BCUT2D eigenvalue weighted by Gasteiger charge is -2.01. The molecule has 0 aliphatic carbocycles. The minimum Gasteiger partial charge on any atom is -0.395 e. The highest BCUT2D eigenvalue weighted by Crippen LogP contribution is 2.03. The van der Waals surface area contributed by atoms with Crippen molar-refractivity contribution in [2.24, 2.45) is 0 Å². The minimum absolute atomic E-state index is 0.00463. The van der Waals surface area contributed by atoms with Gasteiger partial charge in [-0.15, -0.1) is 0 Å². The lowest BCUT2D eigenvalue weighted by molar-refractivity contribution is -0.118. The standard InChI is InChI=1S/C5H11NO2.C3H7NO/c7-3-4-1-5(8)2-6-4;1-3(5)4-2/h4-8H,1-3H2;1-2H3,(H,4,5). The van der Waals surface area contributed by atoms with Crippen LogP contribution in [0.5, 0.6) is 0 Å². The second-order valence-corrected chi connectivity index (χ2v) is 2.98. The summed E-state index contributed by atoms with van der Waals surface area (Å²) in [7, 11) is 1.60. The van der Waals surface area contributed by atoms with Gasteiger partial charge in [0.05, 0.1) is 12.7 Å². The molecule has 5 heteroatoms. The predicted molar refractivity (Wildman–Crippen MR) is 49.2 cm³/mol. The highest BCUT2D eigenvalue weighted by Gasteiger charge is 2.20. The second kappa shape index (κ2) is 6.82. The third kappa shape index (κ3) is 6.51. The normalized spacial score (nSPS) is 26.2. The molecule has 1 saturated heterocycles. The maximum absolute atomic E-state index is 9.70. The first-order valence-corrected chi connectivity index (χ1v) is 4.30.